The second-order valence-electron chi connectivity index (χ2n) is 7.67. The second kappa shape index (κ2) is 12.0. The summed E-state index contributed by atoms with van der Waals surface area (Å²) in [4.78, 5) is 13.2. The van der Waals surface area contributed by atoms with E-state index in [0.717, 1.165) is 9.87 Å². The van der Waals surface area contributed by atoms with Crippen LogP contribution in [-0.2, 0) is 14.8 Å². The SMILES string of the molecule is CCOc1ccccc1N(CC(=O)N[C@@H](CC)c1ccc(OC)cc1)S(=O)(=O)c1ccc(Cl)cc1. The Bertz CT molecular complexity index is 1230. The Kier molecular flexibility index (Phi) is 9.01. The van der Waals surface area contributed by atoms with Crippen LogP contribution in [0.25, 0.3) is 0 Å². The molecule has 0 aromatic heterocycles. The van der Waals surface area contributed by atoms with Crippen LogP contribution in [0.4, 0.5) is 5.69 Å². The number of hydrogen-bond acceptors (Lipinski definition) is 5. The molecule has 35 heavy (non-hydrogen) atoms. The minimum atomic E-state index is -4.11. The Labute approximate surface area is 211 Å². The zero-order valence-corrected chi connectivity index (χ0v) is 21.5. The van der Waals surface area contributed by atoms with Crippen molar-refractivity contribution >= 4 is 33.2 Å². The zero-order valence-electron chi connectivity index (χ0n) is 19.9. The first kappa shape index (κ1) is 26.4. The fourth-order valence-corrected chi connectivity index (χ4v) is 5.16. The Morgan fingerprint density at radius 3 is 2.26 bits per heavy atom. The molecule has 9 heteroatoms. The lowest BCUT2D eigenvalue weighted by Crippen LogP contribution is -2.42. The highest BCUT2D eigenvalue weighted by Gasteiger charge is 2.30. The maximum absolute atomic E-state index is 13.7. The summed E-state index contributed by atoms with van der Waals surface area (Å²) in [6.45, 7) is 3.67. The summed E-state index contributed by atoms with van der Waals surface area (Å²) in [5.74, 6) is 0.627. The molecular weight excluding hydrogens is 488 g/mol. The Morgan fingerprint density at radius 1 is 1.00 bits per heavy atom. The quantitative estimate of drug-likeness (QED) is 0.378. The highest BCUT2D eigenvalue weighted by atomic mass is 35.5. The van der Waals surface area contributed by atoms with Gasteiger partial charge in [0.15, 0.2) is 0 Å². The van der Waals surface area contributed by atoms with E-state index in [1.807, 2.05) is 38.1 Å². The lowest BCUT2D eigenvalue weighted by atomic mass is 10.0. The second-order valence-corrected chi connectivity index (χ2v) is 9.97. The lowest BCUT2D eigenvalue weighted by Gasteiger charge is -2.27. The number of benzene rings is 3. The number of carbonyl (C=O) groups excluding carboxylic acids is 1. The van der Waals surface area contributed by atoms with E-state index in [2.05, 4.69) is 5.32 Å². The van der Waals surface area contributed by atoms with Gasteiger partial charge in [0.2, 0.25) is 5.91 Å². The third-order valence-corrected chi connectivity index (χ3v) is 7.41. The molecule has 186 valence electrons. The van der Waals surface area contributed by atoms with Gasteiger partial charge in [-0.05, 0) is 67.4 Å². The Morgan fingerprint density at radius 2 is 1.66 bits per heavy atom. The minimum absolute atomic E-state index is 0.0168. The van der Waals surface area contributed by atoms with Crippen LogP contribution in [0, 0.1) is 0 Å². The summed E-state index contributed by atoms with van der Waals surface area (Å²) >= 11 is 5.96. The van der Waals surface area contributed by atoms with Gasteiger partial charge in [0.1, 0.15) is 18.0 Å². The normalized spacial score (nSPS) is 12.0. The summed E-state index contributed by atoms with van der Waals surface area (Å²) in [6, 6.07) is 19.7. The molecule has 7 nitrogen and oxygen atoms in total. The molecule has 3 aromatic rings. The van der Waals surface area contributed by atoms with Crippen LogP contribution in [0.1, 0.15) is 31.9 Å². The number of hydrogen-bond donors (Lipinski definition) is 1. The van der Waals surface area contributed by atoms with Crippen LogP contribution in [0.3, 0.4) is 0 Å². The summed E-state index contributed by atoms with van der Waals surface area (Å²) in [5, 5.41) is 3.37. The number of ether oxygens (including phenoxy) is 2. The van der Waals surface area contributed by atoms with Gasteiger partial charge in [0, 0.05) is 5.02 Å². The van der Waals surface area contributed by atoms with Crippen molar-refractivity contribution in [2.24, 2.45) is 0 Å². The largest absolute Gasteiger partial charge is 0.497 e. The molecule has 3 aromatic carbocycles. The molecule has 1 amide bonds. The summed E-state index contributed by atoms with van der Waals surface area (Å²) < 4.78 is 39.3. The number of rotatable bonds is 11. The van der Waals surface area contributed by atoms with Crippen molar-refractivity contribution in [3.05, 3.63) is 83.4 Å². The van der Waals surface area contributed by atoms with Gasteiger partial charge in [0.25, 0.3) is 10.0 Å². The van der Waals surface area contributed by atoms with Gasteiger partial charge in [-0.2, -0.15) is 0 Å². The molecule has 0 bridgehead atoms. The average Bonchev–Trinajstić information content (AvgIpc) is 2.87. The molecule has 3 rings (SSSR count). The van der Waals surface area contributed by atoms with E-state index in [-0.39, 0.29) is 16.6 Å². The van der Waals surface area contributed by atoms with Crippen molar-refractivity contribution in [1.29, 1.82) is 0 Å². The first-order valence-corrected chi connectivity index (χ1v) is 13.0. The molecule has 0 spiro atoms. The molecule has 1 atom stereocenters. The van der Waals surface area contributed by atoms with Gasteiger partial charge in [-0.1, -0.05) is 42.8 Å². The fourth-order valence-electron chi connectivity index (χ4n) is 3.60. The van der Waals surface area contributed by atoms with E-state index < -0.39 is 22.5 Å². The molecule has 0 heterocycles. The molecule has 0 aliphatic heterocycles. The van der Waals surface area contributed by atoms with Crippen LogP contribution in [0.5, 0.6) is 11.5 Å². The maximum Gasteiger partial charge on any atom is 0.264 e. The van der Waals surface area contributed by atoms with Crippen molar-refractivity contribution in [1.82, 2.24) is 5.32 Å². The van der Waals surface area contributed by atoms with Crippen LogP contribution < -0.4 is 19.1 Å². The predicted molar refractivity (Wildman–Crippen MR) is 138 cm³/mol. The molecule has 0 aliphatic rings. The number of anilines is 1. The molecular formula is C26H29ClN2O5S. The van der Waals surface area contributed by atoms with Gasteiger partial charge in [-0.25, -0.2) is 8.42 Å². The smallest absolute Gasteiger partial charge is 0.264 e. The number of para-hydroxylation sites is 2. The number of nitrogens with one attached hydrogen (secondary N) is 1. The first-order valence-electron chi connectivity index (χ1n) is 11.2. The van der Waals surface area contributed by atoms with Gasteiger partial charge in [-0.3, -0.25) is 9.10 Å². The van der Waals surface area contributed by atoms with Gasteiger partial charge in [0.05, 0.1) is 30.3 Å². The minimum Gasteiger partial charge on any atom is -0.497 e. The van der Waals surface area contributed by atoms with E-state index in [1.54, 1.807) is 31.4 Å². The monoisotopic (exact) mass is 516 g/mol. The number of sulfonamides is 1. The van der Waals surface area contributed by atoms with Crippen molar-refractivity contribution in [2.45, 2.75) is 31.2 Å². The number of halogens is 1. The van der Waals surface area contributed by atoms with Crippen LogP contribution in [0.15, 0.2) is 77.7 Å². The number of nitrogens with zero attached hydrogens (tertiary/aromatic N) is 1. The van der Waals surface area contributed by atoms with E-state index in [0.29, 0.717) is 29.5 Å². The predicted octanol–water partition coefficient (Wildman–Crippen LogP) is 5.21. The Balaban J connectivity index is 1.94. The van der Waals surface area contributed by atoms with E-state index in [9.17, 15) is 13.2 Å². The first-order chi connectivity index (χ1) is 16.8. The summed E-state index contributed by atoms with van der Waals surface area (Å²) in [7, 11) is -2.52. The molecule has 0 radical (unpaired) electrons. The molecule has 0 saturated heterocycles. The van der Waals surface area contributed by atoms with Crippen molar-refractivity contribution < 1.29 is 22.7 Å². The maximum atomic E-state index is 13.7. The number of carbonyl (C=O) groups is 1. The number of amides is 1. The van der Waals surface area contributed by atoms with Gasteiger partial charge in [-0.15, -0.1) is 0 Å². The van der Waals surface area contributed by atoms with E-state index in [4.69, 9.17) is 21.1 Å². The standard InChI is InChI=1S/C26H29ClN2O5S/c1-4-23(19-10-14-21(33-3)15-11-19)28-26(30)18-29(24-8-6-7-9-25(24)34-5-2)35(31,32)22-16-12-20(27)13-17-22/h6-17,23H,4-5,18H2,1-3H3,(H,28,30)/t23-/m0/s1. The van der Waals surface area contributed by atoms with Crippen LogP contribution in [0.2, 0.25) is 5.02 Å². The lowest BCUT2D eigenvalue weighted by molar-refractivity contribution is -0.120. The number of methoxy groups -OCH3 is 1. The van der Waals surface area contributed by atoms with Crippen LogP contribution >= 0.6 is 11.6 Å². The molecule has 0 fully saturated rings. The third-order valence-electron chi connectivity index (χ3n) is 5.38. The molecule has 0 saturated carbocycles. The van der Waals surface area contributed by atoms with Crippen molar-refractivity contribution in [3.8, 4) is 11.5 Å². The van der Waals surface area contributed by atoms with E-state index in [1.165, 1.54) is 24.3 Å². The highest BCUT2D eigenvalue weighted by Crippen LogP contribution is 2.33. The zero-order chi connectivity index (χ0) is 25.4. The fraction of sp³-hybridized carbons (Fsp3) is 0.269. The average molecular weight is 517 g/mol. The molecule has 0 unspecified atom stereocenters. The topological polar surface area (TPSA) is 84.9 Å². The summed E-state index contributed by atoms with van der Waals surface area (Å²) in [5.41, 5.74) is 1.17. The van der Waals surface area contributed by atoms with Gasteiger partial charge < -0.3 is 14.8 Å². The third kappa shape index (κ3) is 6.46. The summed E-state index contributed by atoms with van der Waals surface area (Å²) in [6.07, 6.45) is 0.623. The molecule has 0 aliphatic carbocycles. The molecule has 1 N–H and O–H groups in total. The van der Waals surface area contributed by atoms with Crippen molar-refractivity contribution in [3.63, 3.8) is 0 Å². The van der Waals surface area contributed by atoms with Crippen LogP contribution in [-0.4, -0.2) is 34.6 Å². The van der Waals surface area contributed by atoms with E-state index >= 15 is 0 Å². The highest BCUT2D eigenvalue weighted by molar-refractivity contribution is 7.92. The Hall–Kier alpha value is -3.23. The van der Waals surface area contributed by atoms with Gasteiger partial charge >= 0.3 is 0 Å². The van der Waals surface area contributed by atoms with Crippen molar-refractivity contribution in [2.75, 3.05) is 24.6 Å².